The van der Waals surface area contributed by atoms with Crippen LogP contribution in [0.2, 0.25) is 0 Å². The van der Waals surface area contributed by atoms with Crippen LogP contribution in [0, 0.1) is 5.92 Å². The van der Waals surface area contributed by atoms with Gasteiger partial charge < -0.3 is 9.64 Å². The van der Waals surface area contributed by atoms with Crippen LogP contribution in [0.15, 0.2) is 58.1 Å². The summed E-state index contributed by atoms with van der Waals surface area (Å²) in [5.74, 6) is -0.0400. The molecule has 0 saturated carbocycles. The van der Waals surface area contributed by atoms with E-state index in [9.17, 15) is 9.59 Å². The summed E-state index contributed by atoms with van der Waals surface area (Å²) in [6.07, 6.45) is 1.72. The highest BCUT2D eigenvalue weighted by molar-refractivity contribution is 9.10. The van der Waals surface area contributed by atoms with Crippen LogP contribution >= 0.6 is 15.9 Å². The summed E-state index contributed by atoms with van der Waals surface area (Å²) in [6.45, 7) is 0.348. The second kappa shape index (κ2) is 8.14. The number of halogens is 1. The van der Waals surface area contributed by atoms with Crippen molar-refractivity contribution in [1.82, 2.24) is 5.43 Å². The molecule has 0 aliphatic carbocycles. The maximum atomic E-state index is 12.3. The van der Waals surface area contributed by atoms with Crippen molar-refractivity contribution in [2.75, 3.05) is 18.6 Å². The van der Waals surface area contributed by atoms with Gasteiger partial charge in [-0.1, -0.05) is 28.1 Å². The zero-order valence-electron chi connectivity index (χ0n) is 14.2. The van der Waals surface area contributed by atoms with Crippen molar-refractivity contribution in [1.29, 1.82) is 0 Å². The number of ether oxygens (including phenoxy) is 1. The number of hydrogen-bond donors (Lipinski definition) is 1. The second-order valence-corrected chi connectivity index (χ2v) is 6.81. The maximum absolute atomic E-state index is 12.3. The number of benzene rings is 2. The highest BCUT2D eigenvalue weighted by atomic mass is 79.9. The molecule has 0 bridgehead atoms. The van der Waals surface area contributed by atoms with Crippen LogP contribution in [0.1, 0.15) is 12.0 Å². The fourth-order valence-electron chi connectivity index (χ4n) is 2.74. The van der Waals surface area contributed by atoms with Crippen molar-refractivity contribution < 1.29 is 14.3 Å². The van der Waals surface area contributed by atoms with E-state index in [2.05, 4.69) is 26.5 Å². The molecule has 1 heterocycles. The fraction of sp³-hybridized carbons (Fsp3) is 0.211. The Hall–Kier alpha value is -2.67. The van der Waals surface area contributed by atoms with Gasteiger partial charge in [-0.3, -0.25) is 9.59 Å². The molecule has 26 heavy (non-hydrogen) atoms. The Balaban J connectivity index is 1.59. The van der Waals surface area contributed by atoms with Crippen LogP contribution in [0.5, 0.6) is 5.75 Å². The number of methoxy groups -OCH3 is 1. The fourth-order valence-corrected chi connectivity index (χ4v) is 3.00. The first kappa shape index (κ1) is 18.1. The summed E-state index contributed by atoms with van der Waals surface area (Å²) in [5.41, 5.74) is 4.11. The molecule has 0 radical (unpaired) electrons. The van der Waals surface area contributed by atoms with Crippen LogP contribution < -0.4 is 15.1 Å². The molecule has 3 rings (SSSR count). The van der Waals surface area contributed by atoms with Crippen LogP contribution in [-0.4, -0.2) is 31.7 Å². The summed E-state index contributed by atoms with van der Waals surface area (Å²) in [5, 5.41) is 3.98. The van der Waals surface area contributed by atoms with Crippen LogP contribution in [0.25, 0.3) is 0 Å². The van der Waals surface area contributed by atoms with Crippen molar-refractivity contribution in [3.8, 4) is 5.75 Å². The first-order chi connectivity index (χ1) is 12.6. The predicted molar refractivity (Wildman–Crippen MR) is 103 cm³/mol. The van der Waals surface area contributed by atoms with E-state index in [0.717, 1.165) is 15.7 Å². The summed E-state index contributed by atoms with van der Waals surface area (Å²) >= 11 is 3.37. The minimum atomic E-state index is -0.423. The van der Waals surface area contributed by atoms with Gasteiger partial charge in [-0.2, -0.15) is 5.10 Å². The lowest BCUT2D eigenvalue weighted by Crippen LogP contribution is -2.30. The molecular weight excluding hydrogens is 398 g/mol. The molecule has 1 saturated heterocycles. The van der Waals surface area contributed by atoms with E-state index in [4.69, 9.17) is 4.74 Å². The smallest absolute Gasteiger partial charge is 0.245 e. The molecule has 2 aromatic rings. The largest absolute Gasteiger partial charge is 0.497 e. The topological polar surface area (TPSA) is 71.0 Å². The molecule has 0 unspecified atom stereocenters. The summed E-state index contributed by atoms with van der Waals surface area (Å²) in [4.78, 5) is 26.1. The average molecular weight is 416 g/mol. The van der Waals surface area contributed by atoms with Gasteiger partial charge in [0.25, 0.3) is 0 Å². The molecule has 1 aliphatic heterocycles. The number of hydrazone groups is 1. The molecule has 1 atom stereocenters. The third kappa shape index (κ3) is 4.29. The molecular formula is C19H18BrN3O3. The number of nitrogens with one attached hydrogen (secondary N) is 1. The molecule has 6 nitrogen and oxygen atoms in total. The van der Waals surface area contributed by atoms with Gasteiger partial charge in [0.15, 0.2) is 0 Å². The summed E-state index contributed by atoms with van der Waals surface area (Å²) in [7, 11) is 1.59. The molecule has 0 spiro atoms. The highest BCUT2D eigenvalue weighted by Gasteiger charge is 2.35. The molecule has 1 aliphatic rings. The number of carbonyl (C=O) groups excluding carboxylic acids is 2. The average Bonchev–Trinajstić information content (AvgIpc) is 3.04. The number of anilines is 1. The Morgan fingerprint density at radius 2 is 2.08 bits per heavy atom. The van der Waals surface area contributed by atoms with E-state index in [-0.39, 0.29) is 18.2 Å². The van der Waals surface area contributed by atoms with E-state index in [1.807, 2.05) is 48.5 Å². The standard InChI is InChI=1S/C19H18BrN3O3/c1-26-17-4-2-3-13(9-17)11-21-22-19(25)14-10-18(24)23(12-14)16-7-5-15(20)6-8-16/h2-9,11,14H,10,12H2,1H3,(H,22,25)/b21-11-/t14-/m0/s1. The zero-order valence-corrected chi connectivity index (χ0v) is 15.8. The highest BCUT2D eigenvalue weighted by Crippen LogP contribution is 2.26. The quantitative estimate of drug-likeness (QED) is 0.602. The molecule has 2 aromatic carbocycles. The summed E-state index contributed by atoms with van der Waals surface area (Å²) in [6, 6.07) is 14.8. The van der Waals surface area contributed by atoms with Gasteiger partial charge in [-0.15, -0.1) is 0 Å². The van der Waals surface area contributed by atoms with Crippen LogP contribution in [0.3, 0.4) is 0 Å². The van der Waals surface area contributed by atoms with E-state index in [0.29, 0.717) is 12.3 Å². The number of nitrogens with zero attached hydrogens (tertiary/aromatic N) is 2. The lowest BCUT2D eigenvalue weighted by molar-refractivity contribution is -0.126. The van der Waals surface area contributed by atoms with Crippen molar-refractivity contribution in [2.24, 2.45) is 11.0 Å². The third-order valence-corrected chi connectivity index (χ3v) is 4.64. The van der Waals surface area contributed by atoms with Crippen LogP contribution in [-0.2, 0) is 9.59 Å². The monoisotopic (exact) mass is 415 g/mol. The number of rotatable bonds is 5. The van der Waals surface area contributed by atoms with Gasteiger partial charge in [-0.25, -0.2) is 5.43 Å². The first-order valence-corrected chi connectivity index (χ1v) is 8.89. The minimum absolute atomic E-state index is 0.0655. The van der Waals surface area contributed by atoms with E-state index < -0.39 is 5.92 Å². The maximum Gasteiger partial charge on any atom is 0.245 e. The zero-order chi connectivity index (χ0) is 18.5. The van der Waals surface area contributed by atoms with Gasteiger partial charge in [0, 0.05) is 23.1 Å². The Kier molecular flexibility index (Phi) is 5.68. The van der Waals surface area contributed by atoms with Gasteiger partial charge >= 0.3 is 0 Å². The normalized spacial score (nSPS) is 16.9. The summed E-state index contributed by atoms with van der Waals surface area (Å²) < 4.78 is 6.08. The number of carbonyl (C=O) groups is 2. The van der Waals surface area contributed by atoms with Gasteiger partial charge in [0.1, 0.15) is 5.75 Å². The first-order valence-electron chi connectivity index (χ1n) is 8.09. The van der Waals surface area contributed by atoms with Gasteiger partial charge in [0.05, 0.1) is 19.2 Å². The number of hydrogen-bond acceptors (Lipinski definition) is 4. The Labute approximate surface area is 160 Å². The lowest BCUT2D eigenvalue weighted by Gasteiger charge is -2.16. The van der Waals surface area contributed by atoms with E-state index in [1.165, 1.54) is 0 Å². The Bertz CT molecular complexity index is 836. The Morgan fingerprint density at radius 1 is 1.31 bits per heavy atom. The van der Waals surface area contributed by atoms with E-state index >= 15 is 0 Å². The van der Waals surface area contributed by atoms with Crippen molar-refractivity contribution in [2.45, 2.75) is 6.42 Å². The van der Waals surface area contributed by atoms with Crippen molar-refractivity contribution >= 4 is 39.6 Å². The molecule has 1 fully saturated rings. The van der Waals surface area contributed by atoms with Crippen LogP contribution in [0.4, 0.5) is 5.69 Å². The molecule has 2 amide bonds. The van der Waals surface area contributed by atoms with Crippen molar-refractivity contribution in [3.63, 3.8) is 0 Å². The Morgan fingerprint density at radius 3 is 2.81 bits per heavy atom. The van der Waals surface area contributed by atoms with Gasteiger partial charge in [-0.05, 0) is 42.0 Å². The molecule has 134 valence electrons. The van der Waals surface area contributed by atoms with Crippen molar-refractivity contribution in [3.05, 3.63) is 58.6 Å². The molecule has 1 N–H and O–H groups in total. The minimum Gasteiger partial charge on any atom is -0.497 e. The number of amides is 2. The third-order valence-electron chi connectivity index (χ3n) is 4.12. The van der Waals surface area contributed by atoms with E-state index in [1.54, 1.807) is 18.2 Å². The SMILES string of the molecule is COc1cccc(/C=N\NC(=O)[C@H]2CC(=O)N(c3ccc(Br)cc3)C2)c1. The second-order valence-electron chi connectivity index (χ2n) is 5.89. The molecule has 0 aromatic heterocycles. The lowest BCUT2D eigenvalue weighted by atomic mass is 10.1. The van der Waals surface area contributed by atoms with Gasteiger partial charge in [0.2, 0.25) is 11.8 Å². The predicted octanol–water partition coefficient (Wildman–Crippen LogP) is 2.96. The molecule has 7 heteroatoms.